The lowest BCUT2D eigenvalue weighted by atomic mass is 9.51. The second-order valence-electron chi connectivity index (χ2n) is 11.6. The summed E-state index contributed by atoms with van der Waals surface area (Å²) in [6.07, 6.45) is 5.88. The SMILES string of the molecule is CCCN(CC)CCOc1ccc([C@H]2C[C@]3(C)[C@@H](O)CC[C@H]3[C@@H]3CCc4c(ccc(O)c4Cl)[C@H]32)cc1. The molecule has 196 valence electrons. The van der Waals surface area contributed by atoms with Crippen LogP contribution in [0.15, 0.2) is 36.4 Å². The van der Waals surface area contributed by atoms with Gasteiger partial charge in [-0.1, -0.05) is 50.6 Å². The highest BCUT2D eigenvalue weighted by atomic mass is 35.5. The predicted octanol–water partition coefficient (Wildman–Crippen LogP) is 6.77. The fraction of sp³-hybridized carbons (Fsp3) is 0.613. The number of aliphatic hydroxyl groups is 1. The number of phenolic OH excluding ortho intramolecular Hbond substituents is 1. The summed E-state index contributed by atoms with van der Waals surface area (Å²) in [5.74, 6) is 2.81. The van der Waals surface area contributed by atoms with Gasteiger partial charge in [-0.05, 0) is 116 Å². The van der Waals surface area contributed by atoms with Gasteiger partial charge >= 0.3 is 0 Å². The van der Waals surface area contributed by atoms with Crippen LogP contribution in [0.3, 0.4) is 0 Å². The third-order valence-corrected chi connectivity index (χ3v) is 10.2. The molecular weight excluding hydrogens is 470 g/mol. The van der Waals surface area contributed by atoms with E-state index < -0.39 is 0 Å². The van der Waals surface area contributed by atoms with Crippen LogP contribution in [0.2, 0.25) is 5.02 Å². The van der Waals surface area contributed by atoms with Crippen molar-refractivity contribution >= 4 is 11.6 Å². The molecule has 4 nitrogen and oxygen atoms in total. The Labute approximate surface area is 221 Å². The van der Waals surface area contributed by atoms with Crippen molar-refractivity contribution < 1.29 is 14.9 Å². The smallest absolute Gasteiger partial charge is 0.134 e. The monoisotopic (exact) mass is 511 g/mol. The summed E-state index contributed by atoms with van der Waals surface area (Å²) < 4.78 is 6.10. The van der Waals surface area contributed by atoms with E-state index in [4.69, 9.17) is 16.3 Å². The molecule has 0 spiro atoms. The maximum absolute atomic E-state index is 11.1. The lowest BCUT2D eigenvalue weighted by Crippen LogP contribution is -2.47. The maximum Gasteiger partial charge on any atom is 0.134 e. The zero-order valence-corrected chi connectivity index (χ0v) is 22.8. The normalized spacial score (nSPS) is 31.1. The molecule has 36 heavy (non-hydrogen) atoms. The molecular formula is C31H42ClNO3. The molecule has 6 atom stereocenters. The number of halogens is 1. The van der Waals surface area contributed by atoms with Gasteiger partial charge in [-0.15, -0.1) is 0 Å². The maximum atomic E-state index is 11.1. The zero-order chi connectivity index (χ0) is 25.4. The molecule has 0 unspecified atom stereocenters. The standard InChI is InChI=1S/C31H42ClNO3/c1-4-16-33(5-2)17-18-36-21-8-6-20(7-9-21)25-19-31(3)26(13-15-28(31)35)24-11-10-23-22(29(24)25)12-14-27(34)30(23)32/h6-9,12,14,24-26,28-29,34-35H,4-5,10-11,13,15-19H2,1-3H3/t24-,25+,26-,28-,29+,31-/m0/s1. The average Bonchev–Trinajstić information content (AvgIpc) is 3.19. The van der Waals surface area contributed by atoms with Crippen LogP contribution in [0.5, 0.6) is 11.5 Å². The van der Waals surface area contributed by atoms with Crippen LogP contribution in [0.1, 0.15) is 81.4 Å². The first-order chi connectivity index (χ1) is 17.4. The van der Waals surface area contributed by atoms with Gasteiger partial charge in [-0.25, -0.2) is 0 Å². The third-order valence-electron chi connectivity index (χ3n) is 9.75. The van der Waals surface area contributed by atoms with Gasteiger partial charge in [-0.2, -0.15) is 0 Å². The summed E-state index contributed by atoms with van der Waals surface area (Å²) in [4.78, 5) is 2.42. The Balaban J connectivity index is 1.42. The van der Waals surface area contributed by atoms with Gasteiger partial charge < -0.3 is 19.8 Å². The second-order valence-corrected chi connectivity index (χ2v) is 11.9. The predicted molar refractivity (Wildman–Crippen MR) is 146 cm³/mol. The molecule has 0 bridgehead atoms. The van der Waals surface area contributed by atoms with Crippen molar-refractivity contribution in [1.82, 2.24) is 4.90 Å². The lowest BCUT2D eigenvalue weighted by Gasteiger charge is -2.54. The van der Waals surface area contributed by atoms with Crippen LogP contribution < -0.4 is 4.74 Å². The van der Waals surface area contributed by atoms with Crippen molar-refractivity contribution in [3.63, 3.8) is 0 Å². The molecule has 0 heterocycles. The molecule has 2 aromatic rings. The van der Waals surface area contributed by atoms with Gasteiger partial charge in [0, 0.05) is 6.54 Å². The van der Waals surface area contributed by atoms with Crippen molar-refractivity contribution in [1.29, 1.82) is 0 Å². The van der Waals surface area contributed by atoms with Gasteiger partial charge in [-0.3, -0.25) is 0 Å². The summed E-state index contributed by atoms with van der Waals surface area (Å²) in [5, 5.41) is 21.9. The van der Waals surface area contributed by atoms with E-state index in [1.165, 1.54) is 11.1 Å². The van der Waals surface area contributed by atoms with Crippen LogP contribution in [-0.4, -0.2) is 47.5 Å². The van der Waals surface area contributed by atoms with Crippen LogP contribution >= 0.6 is 11.6 Å². The van der Waals surface area contributed by atoms with Gasteiger partial charge in [0.05, 0.1) is 11.1 Å². The Morgan fingerprint density at radius 1 is 1.06 bits per heavy atom. The van der Waals surface area contributed by atoms with Crippen molar-refractivity contribution in [3.05, 3.63) is 58.1 Å². The highest BCUT2D eigenvalue weighted by Crippen LogP contribution is 2.65. The van der Waals surface area contributed by atoms with Crippen molar-refractivity contribution in [2.75, 3.05) is 26.2 Å². The number of hydrogen-bond acceptors (Lipinski definition) is 4. The van der Waals surface area contributed by atoms with E-state index in [2.05, 4.69) is 56.0 Å². The van der Waals surface area contributed by atoms with Crippen LogP contribution in [0.4, 0.5) is 0 Å². The molecule has 5 heteroatoms. The first kappa shape index (κ1) is 25.9. The first-order valence-corrected chi connectivity index (χ1v) is 14.4. The number of hydrogen-bond donors (Lipinski definition) is 2. The van der Waals surface area contributed by atoms with Crippen LogP contribution in [-0.2, 0) is 6.42 Å². The topological polar surface area (TPSA) is 52.9 Å². The summed E-state index contributed by atoms with van der Waals surface area (Å²) in [7, 11) is 0. The molecule has 2 aromatic carbocycles. The fourth-order valence-electron chi connectivity index (χ4n) is 7.89. The molecule has 3 aliphatic rings. The highest BCUT2D eigenvalue weighted by Gasteiger charge is 2.57. The van der Waals surface area contributed by atoms with Gasteiger partial charge in [0.2, 0.25) is 0 Å². The molecule has 0 radical (unpaired) electrons. The van der Waals surface area contributed by atoms with Crippen LogP contribution in [0.25, 0.3) is 0 Å². The Kier molecular flexibility index (Phi) is 7.59. The highest BCUT2D eigenvalue weighted by molar-refractivity contribution is 6.32. The summed E-state index contributed by atoms with van der Waals surface area (Å²) in [6.45, 7) is 10.5. The summed E-state index contributed by atoms with van der Waals surface area (Å²) >= 11 is 6.61. The number of aromatic hydroxyl groups is 1. The molecule has 0 amide bonds. The van der Waals surface area contributed by atoms with E-state index in [1.54, 1.807) is 6.07 Å². The first-order valence-electron chi connectivity index (χ1n) is 14.0. The fourth-order valence-corrected chi connectivity index (χ4v) is 8.15. The number of nitrogens with zero attached hydrogens (tertiary/aromatic N) is 1. The van der Waals surface area contributed by atoms with Crippen molar-refractivity contribution in [3.8, 4) is 11.5 Å². The quantitative estimate of drug-likeness (QED) is 0.410. The van der Waals surface area contributed by atoms with E-state index in [0.717, 1.165) is 69.5 Å². The number of rotatable bonds is 8. The van der Waals surface area contributed by atoms with Crippen LogP contribution in [0, 0.1) is 17.3 Å². The molecule has 0 saturated heterocycles. The van der Waals surface area contributed by atoms with E-state index in [0.29, 0.717) is 35.3 Å². The average molecular weight is 512 g/mol. The minimum absolute atomic E-state index is 0.0535. The Bertz CT molecular complexity index is 1060. The van der Waals surface area contributed by atoms with E-state index in [9.17, 15) is 10.2 Å². The van der Waals surface area contributed by atoms with Crippen molar-refractivity contribution in [2.45, 2.75) is 77.2 Å². The molecule has 2 fully saturated rings. The largest absolute Gasteiger partial charge is 0.506 e. The second kappa shape index (κ2) is 10.6. The summed E-state index contributed by atoms with van der Waals surface area (Å²) in [6, 6.07) is 12.6. The molecule has 2 N–H and O–H groups in total. The van der Waals surface area contributed by atoms with E-state index in [-0.39, 0.29) is 17.3 Å². The lowest BCUT2D eigenvalue weighted by molar-refractivity contribution is -0.0322. The molecule has 0 aliphatic heterocycles. The number of aliphatic hydroxyl groups excluding tert-OH is 1. The van der Waals surface area contributed by atoms with Crippen molar-refractivity contribution in [2.24, 2.45) is 17.3 Å². The van der Waals surface area contributed by atoms with Gasteiger partial charge in [0.1, 0.15) is 18.1 Å². The Morgan fingerprint density at radius 2 is 1.83 bits per heavy atom. The minimum Gasteiger partial charge on any atom is -0.506 e. The van der Waals surface area contributed by atoms with Gasteiger partial charge in [0.25, 0.3) is 0 Å². The van der Waals surface area contributed by atoms with Gasteiger partial charge in [0.15, 0.2) is 0 Å². The Morgan fingerprint density at radius 3 is 2.56 bits per heavy atom. The minimum atomic E-state index is -0.233. The number of benzene rings is 2. The Hall–Kier alpha value is -1.75. The molecule has 2 saturated carbocycles. The number of phenols is 1. The van der Waals surface area contributed by atoms with E-state index >= 15 is 0 Å². The number of likely N-dealkylation sites (N-methyl/N-ethyl adjacent to an activating group) is 1. The van der Waals surface area contributed by atoms with E-state index in [1.807, 2.05) is 0 Å². The summed E-state index contributed by atoms with van der Waals surface area (Å²) in [5.41, 5.74) is 3.69. The molecule has 3 aliphatic carbocycles. The number of ether oxygens (including phenoxy) is 1. The molecule has 0 aromatic heterocycles. The third kappa shape index (κ3) is 4.54. The number of fused-ring (bicyclic) bond motifs is 5. The zero-order valence-electron chi connectivity index (χ0n) is 22.0. The molecule has 5 rings (SSSR count).